The number of nitrogens with one attached hydrogen (secondary N) is 2. The molecule has 180 valence electrons. The molecule has 0 aliphatic heterocycles. The van der Waals surface area contributed by atoms with Gasteiger partial charge in [0.05, 0.1) is 22.4 Å². The van der Waals surface area contributed by atoms with Crippen LogP contribution in [0.2, 0.25) is 10.0 Å². The van der Waals surface area contributed by atoms with Crippen molar-refractivity contribution in [1.82, 2.24) is 20.1 Å². The monoisotopic (exact) mass is 523 g/mol. The molecule has 0 aliphatic rings. The lowest BCUT2D eigenvalue weighted by atomic mass is 10.0. The number of aromatic nitrogens is 3. The zero-order valence-corrected chi connectivity index (χ0v) is 21.1. The number of anilines is 1. The molecule has 0 radical (unpaired) electrons. The summed E-state index contributed by atoms with van der Waals surface area (Å²) in [5, 5.41) is 15.5. The number of benzene rings is 2. The molecule has 1 heterocycles. The maximum Gasteiger partial charge on any atom is 0.253 e. The zero-order valence-electron chi connectivity index (χ0n) is 18.8. The van der Waals surface area contributed by atoms with Gasteiger partial charge < -0.3 is 15.2 Å². The predicted octanol–water partition coefficient (Wildman–Crippen LogP) is 5.60. The lowest BCUT2D eigenvalue weighted by Crippen LogP contribution is -2.34. The van der Waals surface area contributed by atoms with E-state index in [1.165, 1.54) is 42.1 Å². The van der Waals surface area contributed by atoms with E-state index in [-0.39, 0.29) is 34.3 Å². The van der Waals surface area contributed by atoms with Crippen LogP contribution in [-0.2, 0) is 11.3 Å². The van der Waals surface area contributed by atoms with Crippen LogP contribution in [0.15, 0.2) is 47.6 Å². The van der Waals surface area contributed by atoms with Gasteiger partial charge in [0.1, 0.15) is 5.82 Å². The smallest absolute Gasteiger partial charge is 0.253 e. The van der Waals surface area contributed by atoms with Gasteiger partial charge in [0.25, 0.3) is 5.91 Å². The molecule has 0 unspecified atom stereocenters. The number of carbonyl (C=O) groups excluding carboxylic acids is 2. The van der Waals surface area contributed by atoms with Gasteiger partial charge >= 0.3 is 0 Å². The van der Waals surface area contributed by atoms with Crippen LogP contribution in [0.3, 0.4) is 0 Å². The summed E-state index contributed by atoms with van der Waals surface area (Å²) in [6, 6.07) is 9.80. The Morgan fingerprint density at radius 3 is 2.44 bits per heavy atom. The summed E-state index contributed by atoms with van der Waals surface area (Å²) in [5.41, 5.74) is 0.819. The quantitative estimate of drug-likeness (QED) is 0.356. The first-order valence-corrected chi connectivity index (χ1v) is 12.3. The van der Waals surface area contributed by atoms with Crippen LogP contribution < -0.4 is 10.6 Å². The highest BCUT2D eigenvalue weighted by atomic mass is 35.5. The van der Waals surface area contributed by atoms with E-state index in [1.807, 2.05) is 25.3 Å². The van der Waals surface area contributed by atoms with E-state index >= 15 is 0 Å². The minimum absolute atomic E-state index is 0.00384. The van der Waals surface area contributed by atoms with Gasteiger partial charge in [-0.1, -0.05) is 48.8 Å². The summed E-state index contributed by atoms with van der Waals surface area (Å²) in [6.07, 6.45) is 0. The number of thioether (sulfide) groups is 1. The molecule has 0 saturated carbocycles. The zero-order chi connectivity index (χ0) is 24.8. The molecule has 1 aromatic heterocycles. The van der Waals surface area contributed by atoms with Crippen molar-refractivity contribution >= 4 is 52.5 Å². The highest BCUT2D eigenvalue weighted by Crippen LogP contribution is 2.27. The van der Waals surface area contributed by atoms with Gasteiger partial charge in [-0.05, 0) is 55.3 Å². The Balaban J connectivity index is 1.72. The number of hydrogen-bond acceptors (Lipinski definition) is 5. The molecule has 2 aromatic carbocycles. The van der Waals surface area contributed by atoms with E-state index in [0.717, 1.165) is 0 Å². The second kappa shape index (κ2) is 11.7. The topological polar surface area (TPSA) is 88.9 Å². The standard InChI is InChI=1S/C23H24Cl2FN5O2S/c1-4-31-21(20(13(2)3)28-22(33)17-10-5-14(24)11-18(17)25)29-30-23(31)34-12-19(32)27-16-8-6-15(26)7-9-16/h5-11,13,20H,4,12H2,1-3H3,(H,27,32)(H,28,33)/t20-/m0/s1. The number of hydrogen-bond donors (Lipinski definition) is 2. The third kappa shape index (κ3) is 6.49. The summed E-state index contributed by atoms with van der Waals surface area (Å²) in [4.78, 5) is 25.2. The Morgan fingerprint density at radius 2 is 1.82 bits per heavy atom. The molecule has 11 heteroatoms. The Kier molecular flexibility index (Phi) is 8.93. The third-order valence-electron chi connectivity index (χ3n) is 4.93. The molecule has 2 N–H and O–H groups in total. The Labute approximate surface area is 211 Å². The first kappa shape index (κ1) is 26.0. The maximum absolute atomic E-state index is 13.0. The summed E-state index contributed by atoms with van der Waals surface area (Å²) in [6.45, 7) is 6.41. The molecule has 2 amide bonds. The Bertz CT molecular complexity index is 1170. The van der Waals surface area contributed by atoms with Gasteiger partial charge in [-0.15, -0.1) is 10.2 Å². The molecular weight excluding hydrogens is 500 g/mol. The minimum Gasteiger partial charge on any atom is -0.342 e. The lowest BCUT2D eigenvalue weighted by Gasteiger charge is -2.22. The van der Waals surface area contributed by atoms with Gasteiger partial charge in [0.15, 0.2) is 11.0 Å². The molecule has 34 heavy (non-hydrogen) atoms. The van der Waals surface area contributed by atoms with E-state index < -0.39 is 6.04 Å². The van der Waals surface area contributed by atoms with Crippen molar-refractivity contribution in [2.24, 2.45) is 5.92 Å². The summed E-state index contributed by atoms with van der Waals surface area (Å²) in [7, 11) is 0. The van der Waals surface area contributed by atoms with Crippen LogP contribution >= 0.6 is 35.0 Å². The third-order valence-corrected chi connectivity index (χ3v) is 6.44. The Morgan fingerprint density at radius 1 is 1.12 bits per heavy atom. The highest BCUT2D eigenvalue weighted by molar-refractivity contribution is 7.99. The van der Waals surface area contributed by atoms with Crippen molar-refractivity contribution in [3.8, 4) is 0 Å². The van der Waals surface area contributed by atoms with Crippen LogP contribution in [0.1, 0.15) is 43.0 Å². The molecule has 0 bridgehead atoms. The Hall–Kier alpha value is -2.62. The van der Waals surface area contributed by atoms with Crippen LogP contribution in [-0.4, -0.2) is 32.3 Å². The van der Waals surface area contributed by atoms with Gasteiger partial charge in [0.2, 0.25) is 5.91 Å². The predicted molar refractivity (Wildman–Crippen MR) is 133 cm³/mol. The fraction of sp³-hybridized carbons (Fsp3) is 0.304. The van der Waals surface area contributed by atoms with Crippen molar-refractivity contribution in [3.05, 3.63) is 69.7 Å². The van der Waals surface area contributed by atoms with Gasteiger partial charge in [-0.3, -0.25) is 9.59 Å². The van der Waals surface area contributed by atoms with Gasteiger partial charge in [-0.2, -0.15) is 0 Å². The minimum atomic E-state index is -0.436. The molecule has 0 fully saturated rings. The highest BCUT2D eigenvalue weighted by Gasteiger charge is 2.27. The van der Waals surface area contributed by atoms with Gasteiger partial charge in [0, 0.05) is 17.3 Å². The molecule has 3 aromatic rings. The lowest BCUT2D eigenvalue weighted by molar-refractivity contribution is -0.113. The second-order valence-electron chi connectivity index (χ2n) is 7.75. The SMILES string of the molecule is CCn1c(SCC(=O)Nc2ccc(F)cc2)nnc1[C@@H](NC(=O)c1ccc(Cl)cc1Cl)C(C)C. The van der Waals surface area contributed by atoms with E-state index in [0.29, 0.717) is 33.8 Å². The first-order valence-electron chi connectivity index (χ1n) is 10.6. The van der Waals surface area contributed by atoms with Gasteiger partial charge in [-0.25, -0.2) is 4.39 Å². The van der Waals surface area contributed by atoms with Crippen molar-refractivity contribution < 1.29 is 14.0 Å². The fourth-order valence-corrected chi connectivity index (χ4v) is 4.52. The van der Waals surface area contributed by atoms with Crippen molar-refractivity contribution in [2.45, 2.75) is 38.5 Å². The second-order valence-corrected chi connectivity index (χ2v) is 9.53. The van der Waals surface area contributed by atoms with Crippen molar-refractivity contribution in [3.63, 3.8) is 0 Å². The number of amides is 2. The number of rotatable bonds is 9. The fourth-order valence-electron chi connectivity index (χ4n) is 3.22. The summed E-state index contributed by atoms with van der Waals surface area (Å²) >= 11 is 13.4. The average molecular weight is 524 g/mol. The molecular formula is C23H24Cl2FN5O2S. The largest absolute Gasteiger partial charge is 0.342 e. The average Bonchev–Trinajstić information content (AvgIpc) is 3.19. The number of carbonyl (C=O) groups is 2. The van der Waals surface area contributed by atoms with Crippen molar-refractivity contribution in [1.29, 1.82) is 0 Å². The van der Waals surface area contributed by atoms with E-state index in [4.69, 9.17) is 23.2 Å². The first-order chi connectivity index (χ1) is 16.2. The number of nitrogens with zero attached hydrogens (tertiary/aromatic N) is 3. The molecule has 0 spiro atoms. The van der Waals surface area contributed by atoms with E-state index in [1.54, 1.807) is 12.1 Å². The van der Waals surface area contributed by atoms with E-state index in [2.05, 4.69) is 20.8 Å². The van der Waals surface area contributed by atoms with Crippen LogP contribution in [0.4, 0.5) is 10.1 Å². The maximum atomic E-state index is 13.0. The molecule has 3 rings (SSSR count). The van der Waals surface area contributed by atoms with Crippen LogP contribution in [0, 0.1) is 11.7 Å². The van der Waals surface area contributed by atoms with E-state index in [9.17, 15) is 14.0 Å². The van der Waals surface area contributed by atoms with Crippen LogP contribution in [0.5, 0.6) is 0 Å². The summed E-state index contributed by atoms with van der Waals surface area (Å²) in [5.74, 6) is -0.300. The van der Waals surface area contributed by atoms with Crippen molar-refractivity contribution in [2.75, 3.05) is 11.1 Å². The number of halogens is 3. The van der Waals surface area contributed by atoms with Crippen LogP contribution in [0.25, 0.3) is 0 Å². The normalized spacial score (nSPS) is 12.0. The molecule has 0 aliphatic carbocycles. The summed E-state index contributed by atoms with van der Waals surface area (Å²) < 4.78 is 14.9. The molecule has 7 nitrogen and oxygen atoms in total. The molecule has 0 saturated heterocycles. The molecule has 1 atom stereocenters.